The van der Waals surface area contributed by atoms with Crippen LogP contribution < -0.4 is 0 Å². The predicted molar refractivity (Wildman–Crippen MR) is 48.5 cm³/mol. The highest BCUT2D eigenvalue weighted by molar-refractivity contribution is 9.10. The summed E-state index contributed by atoms with van der Waals surface area (Å²) in [4.78, 5) is 21.2. The van der Waals surface area contributed by atoms with E-state index >= 15 is 0 Å². The lowest BCUT2D eigenvalue weighted by Gasteiger charge is -1.91. The molecule has 0 aliphatic carbocycles. The summed E-state index contributed by atoms with van der Waals surface area (Å²) in [6, 6.07) is 3.05. The number of carboxylic acid groups (broad SMARTS) is 1. The standard InChI is InChI=1S/C7H4BrN3O2/c8-7-10-3-1-2-4(6(12)13)9-5(3)11-7/h1-2H,(H,12,13)(H,9,10,11). The number of hydrogen-bond donors (Lipinski definition) is 2. The Bertz CT molecular complexity index is 480. The molecular formula is C7H4BrN3O2. The van der Waals surface area contributed by atoms with Crippen molar-refractivity contribution in [3.05, 3.63) is 22.6 Å². The normalized spacial score (nSPS) is 10.5. The summed E-state index contributed by atoms with van der Waals surface area (Å²) in [6.45, 7) is 0. The molecule has 0 saturated carbocycles. The molecule has 0 aromatic carbocycles. The Morgan fingerprint density at radius 2 is 2.23 bits per heavy atom. The minimum Gasteiger partial charge on any atom is -0.477 e. The smallest absolute Gasteiger partial charge is 0.354 e. The van der Waals surface area contributed by atoms with E-state index in [-0.39, 0.29) is 5.69 Å². The number of nitrogens with zero attached hydrogens (tertiary/aromatic N) is 2. The van der Waals surface area contributed by atoms with Crippen LogP contribution in [0.5, 0.6) is 0 Å². The van der Waals surface area contributed by atoms with Gasteiger partial charge >= 0.3 is 5.97 Å². The van der Waals surface area contributed by atoms with E-state index in [9.17, 15) is 4.79 Å². The number of carboxylic acids is 1. The number of fused-ring (bicyclic) bond motifs is 1. The summed E-state index contributed by atoms with van der Waals surface area (Å²) >= 11 is 3.13. The Morgan fingerprint density at radius 3 is 2.92 bits per heavy atom. The van der Waals surface area contributed by atoms with E-state index in [0.717, 1.165) is 0 Å². The van der Waals surface area contributed by atoms with Crippen LogP contribution in [0.15, 0.2) is 16.9 Å². The predicted octanol–water partition coefficient (Wildman–Crippen LogP) is 1.42. The Hall–Kier alpha value is -1.43. The zero-order chi connectivity index (χ0) is 9.42. The van der Waals surface area contributed by atoms with Crippen LogP contribution in [0.25, 0.3) is 11.2 Å². The Balaban J connectivity index is 2.67. The van der Waals surface area contributed by atoms with Gasteiger partial charge in [-0.05, 0) is 28.1 Å². The number of halogens is 1. The second-order valence-electron chi connectivity index (χ2n) is 2.40. The quantitative estimate of drug-likeness (QED) is 0.792. The highest BCUT2D eigenvalue weighted by Crippen LogP contribution is 2.13. The fourth-order valence-corrected chi connectivity index (χ4v) is 1.36. The van der Waals surface area contributed by atoms with Gasteiger partial charge in [-0.3, -0.25) is 0 Å². The first kappa shape index (κ1) is 8.18. The Labute approximate surface area is 80.9 Å². The van der Waals surface area contributed by atoms with Crippen molar-refractivity contribution in [2.75, 3.05) is 0 Å². The molecule has 0 fully saturated rings. The third kappa shape index (κ3) is 1.40. The van der Waals surface area contributed by atoms with Gasteiger partial charge in [0.2, 0.25) is 0 Å². The molecule has 0 unspecified atom stereocenters. The van der Waals surface area contributed by atoms with Gasteiger partial charge in [0.25, 0.3) is 0 Å². The highest BCUT2D eigenvalue weighted by Gasteiger charge is 2.07. The van der Waals surface area contributed by atoms with E-state index in [1.54, 1.807) is 6.07 Å². The van der Waals surface area contributed by atoms with Crippen LogP contribution >= 0.6 is 15.9 Å². The van der Waals surface area contributed by atoms with Crippen molar-refractivity contribution < 1.29 is 9.90 Å². The molecule has 13 heavy (non-hydrogen) atoms. The van der Waals surface area contributed by atoms with Gasteiger partial charge in [0.15, 0.2) is 16.1 Å². The van der Waals surface area contributed by atoms with Crippen molar-refractivity contribution >= 4 is 33.1 Å². The van der Waals surface area contributed by atoms with Crippen LogP contribution in [-0.4, -0.2) is 26.0 Å². The number of aromatic carboxylic acids is 1. The second kappa shape index (κ2) is 2.81. The summed E-state index contributed by atoms with van der Waals surface area (Å²) in [5.74, 6) is -1.05. The maximum atomic E-state index is 10.5. The van der Waals surface area contributed by atoms with Gasteiger partial charge in [0, 0.05) is 0 Å². The number of pyridine rings is 1. The molecule has 66 valence electrons. The van der Waals surface area contributed by atoms with E-state index in [4.69, 9.17) is 5.11 Å². The third-order valence-electron chi connectivity index (χ3n) is 1.54. The molecule has 0 atom stereocenters. The van der Waals surface area contributed by atoms with E-state index in [2.05, 4.69) is 30.9 Å². The minimum absolute atomic E-state index is 0.00787. The van der Waals surface area contributed by atoms with E-state index in [0.29, 0.717) is 15.9 Å². The van der Waals surface area contributed by atoms with Crippen molar-refractivity contribution in [1.82, 2.24) is 15.0 Å². The lowest BCUT2D eigenvalue weighted by molar-refractivity contribution is 0.0691. The molecule has 0 aliphatic heterocycles. The number of hydrogen-bond acceptors (Lipinski definition) is 3. The Kier molecular flexibility index (Phi) is 1.77. The number of nitrogens with one attached hydrogen (secondary N) is 1. The van der Waals surface area contributed by atoms with Gasteiger partial charge in [-0.2, -0.15) is 0 Å². The topological polar surface area (TPSA) is 78.9 Å². The summed E-state index contributed by atoms with van der Waals surface area (Å²) in [5, 5.41) is 8.64. The van der Waals surface area contributed by atoms with Gasteiger partial charge in [-0.1, -0.05) is 0 Å². The molecule has 0 amide bonds. The summed E-state index contributed by atoms with van der Waals surface area (Å²) < 4.78 is 0.539. The molecule has 2 aromatic rings. The zero-order valence-corrected chi connectivity index (χ0v) is 7.87. The molecule has 2 heterocycles. The average Bonchev–Trinajstić information content (AvgIpc) is 2.42. The lowest BCUT2D eigenvalue weighted by Crippen LogP contribution is -1.99. The first-order chi connectivity index (χ1) is 6.16. The van der Waals surface area contributed by atoms with Crippen molar-refractivity contribution in [3.8, 4) is 0 Å². The molecule has 0 radical (unpaired) electrons. The molecule has 2 rings (SSSR count). The van der Waals surface area contributed by atoms with Gasteiger partial charge in [0.1, 0.15) is 0 Å². The first-order valence-corrected chi connectivity index (χ1v) is 4.21. The van der Waals surface area contributed by atoms with Gasteiger partial charge in [-0.25, -0.2) is 14.8 Å². The first-order valence-electron chi connectivity index (χ1n) is 3.42. The fourth-order valence-electron chi connectivity index (χ4n) is 0.982. The number of carbonyl (C=O) groups is 1. The van der Waals surface area contributed by atoms with E-state index < -0.39 is 5.97 Å². The average molecular weight is 242 g/mol. The van der Waals surface area contributed by atoms with Crippen molar-refractivity contribution in [2.45, 2.75) is 0 Å². The lowest BCUT2D eigenvalue weighted by atomic mass is 10.3. The summed E-state index contributed by atoms with van der Waals surface area (Å²) in [6.07, 6.45) is 0. The van der Waals surface area contributed by atoms with Crippen molar-refractivity contribution in [1.29, 1.82) is 0 Å². The maximum Gasteiger partial charge on any atom is 0.354 e. The molecular weight excluding hydrogens is 238 g/mol. The molecule has 0 saturated heterocycles. The number of H-pyrrole nitrogens is 1. The third-order valence-corrected chi connectivity index (χ3v) is 1.91. The monoisotopic (exact) mass is 241 g/mol. The molecule has 0 spiro atoms. The van der Waals surface area contributed by atoms with Gasteiger partial charge in [-0.15, -0.1) is 0 Å². The second-order valence-corrected chi connectivity index (χ2v) is 3.15. The fraction of sp³-hybridized carbons (Fsp3) is 0. The minimum atomic E-state index is -1.05. The van der Waals surface area contributed by atoms with Crippen LogP contribution in [0, 0.1) is 0 Å². The molecule has 5 nitrogen and oxygen atoms in total. The van der Waals surface area contributed by atoms with Crippen LogP contribution in [0.1, 0.15) is 10.5 Å². The Morgan fingerprint density at radius 1 is 1.46 bits per heavy atom. The van der Waals surface area contributed by atoms with E-state index in [1.165, 1.54) is 6.07 Å². The van der Waals surface area contributed by atoms with E-state index in [1.807, 2.05) is 0 Å². The van der Waals surface area contributed by atoms with Crippen LogP contribution in [0.2, 0.25) is 0 Å². The van der Waals surface area contributed by atoms with Gasteiger partial charge < -0.3 is 10.1 Å². The summed E-state index contributed by atoms with van der Waals surface area (Å²) in [7, 11) is 0. The number of imidazole rings is 1. The maximum absolute atomic E-state index is 10.5. The van der Waals surface area contributed by atoms with Crippen LogP contribution in [-0.2, 0) is 0 Å². The SMILES string of the molecule is O=C(O)c1ccc2[nH]c(Br)nc2n1. The summed E-state index contributed by atoms with van der Waals surface area (Å²) in [5.41, 5.74) is 1.09. The number of aromatic amines is 1. The van der Waals surface area contributed by atoms with Crippen LogP contribution in [0.4, 0.5) is 0 Å². The molecule has 6 heteroatoms. The van der Waals surface area contributed by atoms with Crippen molar-refractivity contribution in [2.24, 2.45) is 0 Å². The number of rotatable bonds is 1. The molecule has 2 N–H and O–H groups in total. The zero-order valence-electron chi connectivity index (χ0n) is 6.28. The molecule has 0 aliphatic rings. The molecule has 0 bridgehead atoms. The molecule has 2 aromatic heterocycles. The largest absolute Gasteiger partial charge is 0.477 e. The van der Waals surface area contributed by atoms with Crippen LogP contribution in [0.3, 0.4) is 0 Å². The van der Waals surface area contributed by atoms with Crippen molar-refractivity contribution in [3.63, 3.8) is 0 Å². The van der Waals surface area contributed by atoms with Gasteiger partial charge in [0.05, 0.1) is 5.52 Å². The highest BCUT2D eigenvalue weighted by atomic mass is 79.9. The number of aromatic nitrogens is 3.